The third-order valence-corrected chi connectivity index (χ3v) is 10.0. The van der Waals surface area contributed by atoms with Crippen molar-refractivity contribution in [3.63, 3.8) is 0 Å². The Morgan fingerprint density at radius 2 is 1.49 bits per heavy atom. The number of carbonyl (C=O) groups is 4. The van der Waals surface area contributed by atoms with Crippen LogP contribution in [0.5, 0.6) is 0 Å². The Morgan fingerprint density at radius 1 is 0.774 bits per heavy atom. The van der Waals surface area contributed by atoms with Crippen molar-refractivity contribution in [2.45, 2.75) is 16.6 Å². The number of anilines is 2. The predicted molar refractivity (Wildman–Crippen MR) is 207 cm³/mol. The Labute approximate surface area is 308 Å². The van der Waals surface area contributed by atoms with Gasteiger partial charge in [0.05, 0.1) is 10.9 Å². The summed E-state index contributed by atoms with van der Waals surface area (Å²) in [4.78, 5) is 59.8. The summed E-state index contributed by atoms with van der Waals surface area (Å²) in [5.41, 5.74) is 4.40. The number of nitrogens with zero attached hydrogens (tertiary/aromatic N) is 2. The van der Waals surface area contributed by atoms with Crippen molar-refractivity contribution in [2.75, 3.05) is 10.2 Å². The maximum absolute atomic E-state index is 13.7. The molecule has 1 aliphatic rings. The van der Waals surface area contributed by atoms with Gasteiger partial charge in [-0.25, -0.2) is 9.88 Å². The summed E-state index contributed by atoms with van der Waals surface area (Å²) in [5.74, 6) is -1.04. The first-order valence-corrected chi connectivity index (χ1v) is 17.7. The lowest BCUT2D eigenvalue weighted by molar-refractivity contribution is -0.121. The quantitative estimate of drug-likeness (QED) is 0.114. The zero-order chi connectivity index (χ0) is 36.3. The highest BCUT2D eigenvalue weighted by Crippen LogP contribution is 2.35. The molecular formula is C43H30N4O5S. The van der Waals surface area contributed by atoms with Gasteiger partial charge in [0.1, 0.15) is 11.2 Å². The highest BCUT2D eigenvalue weighted by molar-refractivity contribution is 8.00. The molecule has 6 aromatic carbocycles. The number of imide groups is 1. The monoisotopic (exact) mass is 714 g/mol. The molecule has 1 aliphatic heterocycles. The molecular weight excluding hydrogens is 685 g/mol. The number of nitrogens with one attached hydrogen (secondary N) is 2. The Kier molecular flexibility index (Phi) is 9.10. The number of benzene rings is 6. The zero-order valence-electron chi connectivity index (χ0n) is 28.1. The van der Waals surface area contributed by atoms with Gasteiger partial charge in [-0.1, -0.05) is 72.8 Å². The summed E-state index contributed by atoms with van der Waals surface area (Å²) in [6.07, 6.45) is 1.72. The summed E-state index contributed by atoms with van der Waals surface area (Å²) in [6.45, 7) is 0. The average molecular weight is 715 g/mol. The van der Waals surface area contributed by atoms with Crippen molar-refractivity contribution in [1.82, 2.24) is 10.3 Å². The summed E-state index contributed by atoms with van der Waals surface area (Å²) in [7, 11) is 0. The van der Waals surface area contributed by atoms with E-state index in [2.05, 4.69) is 15.6 Å². The van der Waals surface area contributed by atoms with Crippen LogP contribution in [0, 0.1) is 0 Å². The first kappa shape index (κ1) is 33.4. The Bertz CT molecular complexity index is 2510. The van der Waals surface area contributed by atoms with Gasteiger partial charge >= 0.3 is 0 Å². The minimum atomic E-state index is -0.608. The molecule has 2 N–H and O–H groups in total. The minimum Gasteiger partial charge on any atom is -0.436 e. The third-order valence-electron chi connectivity index (χ3n) is 8.81. The molecule has 0 bridgehead atoms. The molecule has 1 aromatic heterocycles. The van der Waals surface area contributed by atoms with Gasteiger partial charge in [0.2, 0.25) is 17.7 Å². The molecule has 10 heteroatoms. The molecule has 1 atom stereocenters. The number of oxazole rings is 1. The molecule has 4 amide bonds. The van der Waals surface area contributed by atoms with Gasteiger partial charge in [-0.2, -0.15) is 0 Å². The van der Waals surface area contributed by atoms with Crippen LogP contribution in [0.4, 0.5) is 11.4 Å². The van der Waals surface area contributed by atoms with Crippen molar-refractivity contribution in [3.8, 4) is 11.5 Å². The Morgan fingerprint density at radius 3 is 2.28 bits per heavy atom. The van der Waals surface area contributed by atoms with E-state index in [1.54, 1.807) is 78.9 Å². The molecule has 0 aliphatic carbocycles. The van der Waals surface area contributed by atoms with Crippen molar-refractivity contribution in [1.29, 1.82) is 0 Å². The number of carbonyl (C=O) groups excluding carboxylic acids is 4. The van der Waals surface area contributed by atoms with E-state index < -0.39 is 17.1 Å². The molecule has 1 unspecified atom stereocenters. The van der Waals surface area contributed by atoms with Crippen LogP contribution in [0.2, 0.25) is 0 Å². The standard InChI is InChI=1S/C43H30N4O5S/c48-39-26-38(43(51)47(39)32-21-17-29(18-22-32)42-46-35-15-6-7-16-37(35)52-42)53-33-23-19-31(20-24-33)44-41(50)36(45-40(49)28-10-2-1-3-11-28)25-30-13-8-12-27-9-4-5-14-34(27)30/h1-25,38H,26H2,(H,44,50)(H,45,49)/b36-25-. The van der Waals surface area contributed by atoms with Crippen LogP contribution in [0.3, 0.4) is 0 Å². The molecule has 1 fully saturated rings. The van der Waals surface area contributed by atoms with Crippen LogP contribution < -0.4 is 15.5 Å². The molecule has 7 aromatic rings. The second kappa shape index (κ2) is 14.5. The molecule has 9 nitrogen and oxygen atoms in total. The third kappa shape index (κ3) is 7.08. The molecule has 258 valence electrons. The first-order chi connectivity index (χ1) is 25.9. The topological polar surface area (TPSA) is 122 Å². The van der Waals surface area contributed by atoms with E-state index in [1.807, 2.05) is 72.8 Å². The maximum atomic E-state index is 13.7. The Hall–Kier alpha value is -6.78. The summed E-state index contributed by atoms with van der Waals surface area (Å²) in [6, 6.07) is 43.8. The fourth-order valence-electron chi connectivity index (χ4n) is 6.17. The zero-order valence-corrected chi connectivity index (χ0v) is 28.9. The second-order valence-electron chi connectivity index (χ2n) is 12.3. The van der Waals surface area contributed by atoms with Gasteiger partial charge < -0.3 is 15.1 Å². The SMILES string of the molecule is O=C(Nc1ccc(SC2CC(=O)N(c3ccc(-c4nc5ccccc5o4)cc3)C2=O)cc1)/C(=C/c1cccc2ccccc12)NC(=O)c1ccccc1. The van der Waals surface area contributed by atoms with Crippen LogP contribution in [0.15, 0.2) is 161 Å². The van der Waals surface area contributed by atoms with Crippen molar-refractivity contribution >= 4 is 74.7 Å². The van der Waals surface area contributed by atoms with E-state index in [0.717, 1.165) is 32.3 Å². The first-order valence-electron chi connectivity index (χ1n) is 16.9. The van der Waals surface area contributed by atoms with E-state index in [4.69, 9.17) is 4.42 Å². The maximum Gasteiger partial charge on any atom is 0.272 e. The molecule has 2 heterocycles. The van der Waals surface area contributed by atoms with Crippen molar-refractivity contribution in [2.24, 2.45) is 0 Å². The van der Waals surface area contributed by atoms with Gasteiger partial charge in [-0.3, -0.25) is 19.2 Å². The average Bonchev–Trinajstić information content (AvgIpc) is 3.75. The van der Waals surface area contributed by atoms with Crippen LogP contribution in [0.25, 0.3) is 39.4 Å². The fraction of sp³-hybridized carbons (Fsp3) is 0.0465. The number of para-hydroxylation sites is 2. The smallest absolute Gasteiger partial charge is 0.272 e. The molecule has 0 spiro atoms. The normalized spacial score (nSPS) is 14.5. The molecule has 8 rings (SSSR count). The van der Waals surface area contributed by atoms with Crippen LogP contribution in [-0.4, -0.2) is 33.9 Å². The lowest BCUT2D eigenvalue weighted by Gasteiger charge is -2.15. The summed E-state index contributed by atoms with van der Waals surface area (Å²) < 4.78 is 5.85. The van der Waals surface area contributed by atoms with Gasteiger partial charge in [0.25, 0.3) is 11.8 Å². The lowest BCUT2D eigenvalue weighted by Crippen LogP contribution is -2.31. The number of hydrogen-bond acceptors (Lipinski definition) is 7. The Balaban J connectivity index is 0.954. The number of thioether (sulfide) groups is 1. The van der Waals surface area contributed by atoms with Crippen LogP contribution in [-0.2, 0) is 14.4 Å². The van der Waals surface area contributed by atoms with E-state index in [-0.39, 0.29) is 23.9 Å². The molecule has 53 heavy (non-hydrogen) atoms. The van der Waals surface area contributed by atoms with E-state index >= 15 is 0 Å². The predicted octanol–water partition coefficient (Wildman–Crippen LogP) is 8.48. The number of hydrogen-bond donors (Lipinski definition) is 2. The molecule has 0 saturated carbocycles. The highest BCUT2D eigenvalue weighted by atomic mass is 32.2. The van der Waals surface area contributed by atoms with Crippen LogP contribution >= 0.6 is 11.8 Å². The number of aromatic nitrogens is 1. The second-order valence-corrected chi connectivity index (χ2v) is 13.6. The number of rotatable bonds is 9. The largest absolute Gasteiger partial charge is 0.436 e. The number of fused-ring (bicyclic) bond motifs is 2. The van der Waals surface area contributed by atoms with E-state index in [9.17, 15) is 19.2 Å². The minimum absolute atomic E-state index is 0.0539. The molecule has 0 radical (unpaired) electrons. The fourth-order valence-corrected chi connectivity index (χ4v) is 7.22. The van der Waals surface area contributed by atoms with Crippen molar-refractivity contribution in [3.05, 3.63) is 162 Å². The molecule has 1 saturated heterocycles. The number of amides is 4. The van der Waals surface area contributed by atoms with Gasteiger partial charge in [0, 0.05) is 28.1 Å². The van der Waals surface area contributed by atoms with Gasteiger partial charge in [0.15, 0.2) is 5.58 Å². The summed E-state index contributed by atoms with van der Waals surface area (Å²) in [5, 5.41) is 7.01. The lowest BCUT2D eigenvalue weighted by atomic mass is 10.0. The van der Waals surface area contributed by atoms with Gasteiger partial charge in [-0.15, -0.1) is 11.8 Å². The van der Waals surface area contributed by atoms with Gasteiger partial charge in [-0.05, 0) is 95.2 Å². The van der Waals surface area contributed by atoms with Crippen LogP contribution in [0.1, 0.15) is 22.3 Å². The highest BCUT2D eigenvalue weighted by Gasteiger charge is 2.40. The van der Waals surface area contributed by atoms with E-state index in [0.29, 0.717) is 28.4 Å². The van der Waals surface area contributed by atoms with Crippen molar-refractivity contribution < 1.29 is 23.6 Å². The van der Waals surface area contributed by atoms with E-state index in [1.165, 1.54) is 16.7 Å². The summed E-state index contributed by atoms with van der Waals surface area (Å²) >= 11 is 1.29.